The van der Waals surface area contributed by atoms with Crippen LogP contribution in [0.15, 0.2) is 23.4 Å². The highest BCUT2D eigenvalue weighted by molar-refractivity contribution is 6.01. The Bertz CT molecular complexity index is 514. The number of rotatable bonds is 7. The predicted molar refractivity (Wildman–Crippen MR) is 80.4 cm³/mol. The molecule has 0 radical (unpaired) electrons. The van der Waals surface area contributed by atoms with Gasteiger partial charge in [-0.05, 0) is 32.4 Å². The van der Waals surface area contributed by atoms with Crippen LogP contribution in [0, 0.1) is 0 Å². The second-order valence-electron chi connectivity index (χ2n) is 4.60. The fourth-order valence-electron chi connectivity index (χ4n) is 1.72. The van der Waals surface area contributed by atoms with E-state index in [1.54, 1.807) is 39.2 Å². The number of carbonyl (C=O) groups is 1. The van der Waals surface area contributed by atoms with Crippen LogP contribution in [0.1, 0.15) is 32.8 Å². The maximum atomic E-state index is 11.9. The Kier molecular flexibility index (Phi) is 6.52. The van der Waals surface area contributed by atoms with E-state index < -0.39 is 6.10 Å². The van der Waals surface area contributed by atoms with Crippen LogP contribution in [0.3, 0.4) is 0 Å². The highest BCUT2D eigenvalue weighted by Crippen LogP contribution is 2.26. The maximum absolute atomic E-state index is 11.9. The van der Waals surface area contributed by atoms with E-state index in [9.17, 15) is 4.79 Å². The van der Waals surface area contributed by atoms with Gasteiger partial charge in [0, 0.05) is 18.2 Å². The van der Waals surface area contributed by atoms with Crippen LogP contribution < -0.4 is 14.8 Å². The molecule has 1 unspecified atom stereocenters. The van der Waals surface area contributed by atoms with E-state index >= 15 is 0 Å². The standard InChI is InChI=1S/C15H22N2O4/c1-5-8-16-15(18)11(3)21-14-9-12(20-4)6-7-13(14)10(2)17-19/h6-7,9,11,19H,5,8H2,1-4H3,(H,16,18)/b17-10+. The summed E-state index contributed by atoms with van der Waals surface area (Å²) in [7, 11) is 1.54. The van der Waals surface area contributed by atoms with Crippen molar-refractivity contribution in [3.63, 3.8) is 0 Å². The topological polar surface area (TPSA) is 80.2 Å². The molecule has 0 heterocycles. The number of hydrogen-bond donors (Lipinski definition) is 2. The number of amides is 1. The minimum absolute atomic E-state index is 0.191. The first-order valence-corrected chi connectivity index (χ1v) is 6.84. The van der Waals surface area contributed by atoms with Gasteiger partial charge in [-0.25, -0.2) is 0 Å². The van der Waals surface area contributed by atoms with E-state index in [1.165, 1.54) is 0 Å². The Hall–Kier alpha value is -2.24. The fourth-order valence-corrected chi connectivity index (χ4v) is 1.72. The van der Waals surface area contributed by atoms with Crippen LogP contribution in [-0.4, -0.2) is 36.6 Å². The normalized spacial score (nSPS) is 12.7. The van der Waals surface area contributed by atoms with Crippen molar-refractivity contribution in [1.82, 2.24) is 5.32 Å². The molecule has 0 spiro atoms. The van der Waals surface area contributed by atoms with Crippen LogP contribution in [-0.2, 0) is 4.79 Å². The van der Waals surface area contributed by atoms with E-state index in [0.29, 0.717) is 29.3 Å². The summed E-state index contributed by atoms with van der Waals surface area (Å²) in [5.41, 5.74) is 1.00. The van der Waals surface area contributed by atoms with E-state index in [1.807, 2.05) is 6.92 Å². The minimum atomic E-state index is -0.658. The van der Waals surface area contributed by atoms with Gasteiger partial charge in [-0.1, -0.05) is 12.1 Å². The molecule has 0 saturated heterocycles. The largest absolute Gasteiger partial charge is 0.497 e. The van der Waals surface area contributed by atoms with Crippen molar-refractivity contribution in [2.24, 2.45) is 5.16 Å². The molecule has 0 aliphatic heterocycles. The molecule has 6 heteroatoms. The summed E-state index contributed by atoms with van der Waals surface area (Å²) in [5.74, 6) is 0.841. The van der Waals surface area contributed by atoms with E-state index in [2.05, 4.69) is 10.5 Å². The van der Waals surface area contributed by atoms with Crippen molar-refractivity contribution in [3.05, 3.63) is 23.8 Å². The SMILES string of the molecule is CCCNC(=O)C(C)Oc1cc(OC)ccc1/C(C)=N/O. The van der Waals surface area contributed by atoms with E-state index in [0.717, 1.165) is 6.42 Å². The minimum Gasteiger partial charge on any atom is -0.497 e. The quantitative estimate of drug-likeness (QED) is 0.459. The molecule has 0 saturated carbocycles. The molecule has 21 heavy (non-hydrogen) atoms. The third-order valence-corrected chi connectivity index (χ3v) is 2.95. The van der Waals surface area contributed by atoms with Gasteiger partial charge >= 0.3 is 0 Å². The van der Waals surface area contributed by atoms with Crippen LogP contribution >= 0.6 is 0 Å². The van der Waals surface area contributed by atoms with Crippen LogP contribution in [0.2, 0.25) is 0 Å². The van der Waals surface area contributed by atoms with E-state index in [4.69, 9.17) is 14.7 Å². The van der Waals surface area contributed by atoms with Crippen molar-refractivity contribution in [2.45, 2.75) is 33.3 Å². The van der Waals surface area contributed by atoms with Gasteiger partial charge in [0.05, 0.1) is 12.8 Å². The van der Waals surface area contributed by atoms with Gasteiger partial charge in [0.15, 0.2) is 6.10 Å². The number of nitrogens with one attached hydrogen (secondary N) is 1. The second-order valence-corrected chi connectivity index (χ2v) is 4.60. The number of carbonyl (C=O) groups excluding carboxylic acids is 1. The Morgan fingerprint density at radius 1 is 1.48 bits per heavy atom. The second kappa shape index (κ2) is 8.14. The molecule has 1 aromatic rings. The third kappa shape index (κ3) is 4.66. The summed E-state index contributed by atoms with van der Waals surface area (Å²) >= 11 is 0. The monoisotopic (exact) mass is 294 g/mol. The molecular formula is C15H22N2O4. The smallest absolute Gasteiger partial charge is 0.260 e. The fraction of sp³-hybridized carbons (Fsp3) is 0.467. The molecule has 1 amide bonds. The first kappa shape index (κ1) is 16.8. The van der Waals surface area contributed by atoms with Crippen molar-refractivity contribution in [3.8, 4) is 11.5 Å². The van der Waals surface area contributed by atoms with Crippen molar-refractivity contribution in [2.75, 3.05) is 13.7 Å². The van der Waals surface area contributed by atoms with Gasteiger partial charge in [-0.3, -0.25) is 4.79 Å². The lowest BCUT2D eigenvalue weighted by atomic mass is 10.1. The molecule has 0 aromatic heterocycles. The number of oxime groups is 1. The van der Waals surface area contributed by atoms with Gasteiger partial charge in [0.25, 0.3) is 5.91 Å². The van der Waals surface area contributed by atoms with Gasteiger partial charge in [-0.2, -0.15) is 0 Å². The summed E-state index contributed by atoms with van der Waals surface area (Å²) in [6.07, 6.45) is 0.202. The van der Waals surface area contributed by atoms with Crippen LogP contribution in [0.4, 0.5) is 0 Å². The highest BCUT2D eigenvalue weighted by atomic mass is 16.5. The maximum Gasteiger partial charge on any atom is 0.260 e. The van der Waals surface area contributed by atoms with Crippen molar-refractivity contribution < 1.29 is 19.5 Å². The van der Waals surface area contributed by atoms with Crippen LogP contribution in [0.25, 0.3) is 0 Å². The summed E-state index contributed by atoms with van der Waals surface area (Å²) in [4.78, 5) is 11.9. The lowest BCUT2D eigenvalue weighted by Gasteiger charge is -2.17. The Balaban J connectivity index is 2.96. The number of nitrogens with zero attached hydrogens (tertiary/aromatic N) is 1. The van der Waals surface area contributed by atoms with Gasteiger partial charge in [0.2, 0.25) is 0 Å². The van der Waals surface area contributed by atoms with Gasteiger partial charge < -0.3 is 20.0 Å². The summed E-state index contributed by atoms with van der Waals surface area (Å²) < 4.78 is 10.8. The lowest BCUT2D eigenvalue weighted by molar-refractivity contribution is -0.127. The van der Waals surface area contributed by atoms with E-state index in [-0.39, 0.29) is 5.91 Å². The zero-order valence-electron chi connectivity index (χ0n) is 12.8. The molecule has 0 aliphatic carbocycles. The summed E-state index contributed by atoms with van der Waals surface area (Å²) in [6.45, 7) is 5.90. The molecule has 0 bridgehead atoms. The molecule has 1 rings (SSSR count). The Morgan fingerprint density at radius 2 is 2.19 bits per heavy atom. The average Bonchev–Trinajstić information content (AvgIpc) is 2.51. The van der Waals surface area contributed by atoms with Crippen LogP contribution in [0.5, 0.6) is 11.5 Å². The number of hydrogen-bond acceptors (Lipinski definition) is 5. The zero-order chi connectivity index (χ0) is 15.8. The highest BCUT2D eigenvalue weighted by Gasteiger charge is 2.17. The zero-order valence-corrected chi connectivity index (χ0v) is 12.8. The number of benzene rings is 1. The molecule has 6 nitrogen and oxygen atoms in total. The Labute approximate surface area is 124 Å². The molecule has 1 atom stereocenters. The summed E-state index contributed by atoms with van der Waals surface area (Å²) in [6, 6.07) is 5.12. The molecule has 2 N–H and O–H groups in total. The molecular weight excluding hydrogens is 272 g/mol. The molecule has 0 aliphatic rings. The molecule has 116 valence electrons. The first-order chi connectivity index (χ1) is 10.0. The van der Waals surface area contributed by atoms with Gasteiger partial charge in [-0.15, -0.1) is 0 Å². The van der Waals surface area contributed by atoms with Crippen molar-refractivity contribution >= 4 is 11.6 Å². The number of methoxy groups -OCH3 is 1. The third-order valence-electron chi connectivity index (χ3n) is 2.95. The molecule has 1 aromatic carbocycles. The van der Waals surface area contributed by atoms with Gasteiger partial charge in [0.1, 0.15) is 11.5 Å². The molecule has 0 fully saturated rings. The lowest BCUT2D eigenvalue weighted by Crippen LogP contribution is -2.36. The first-order valence-electron chi connectivity index (χ1n) is 6.84. The number of ether oxygens (including phenoxy) is 2. The Morgan fingerprint density at radius 3 is 2.76 bits per heavy atom. The summed E-state index contributed by atoms with van der Waals surface area (Å²) in [5, 5.41) is 14.9. The average molecular weight is 294 g/mol. The predicted octanol–water partition coefficient (Wildman–Crippen LogP) is 2.19. The van der Waals surface area contributed by atoms with Crippen molar-refractivity contribution in [1.29, 1.82) is 0 Å².